The van der Waals surface area contributed by atoms with Crippen molar-refractivity contribution in [1.82, 2.24) is 49.8 Å². The molecule has 101 heavy (non-hydrogen) atoms. The molecular weight excluding hydrogens is 1260 g/mol. The van der Waals surface area contributed by atoms with Crippen molar-refractivity contribution in [3.63, 3.8) is 0 Å². The highest BCUT2D eigenvalue weighted by Crippen LogP contribution is 2.34. The molecule has 0 atom stereocenters. The molecule has 5 aliphatic rings. The second-order valence-corrected chi connectivity index (χ2v) is 27.4. The van der Waals surface area contributed by atoms with Gasteiger partial charge in [-0.05, 0) is 188 Å². The molecule has 6 N–H and O–H groups in total. The van der Waals surface area contributed by atoms with E-state index in [2.05, 4.69) is 144 Å². The average molecular weight is 1350 g/mol. The maximum Gasteiger partial charge on any atom is 0.255 e. The quantitative estimate of drug-likeness (QED) is 0.0763. The Morgan fingerprint density at radius 2 is 0.851 bits per heavy atom. The predicted molar refractivity (Wildman–Crippen MR) is 420 cm³/mol. The van der Waals surface area contributed by atoms with E-state index in [1.54, 1.807) is 0 Å². The van der Waals surface area contributed by atoms with Gasteiger partial charge in [0.05, 0.1) is 0 Å². The predicted octanol–water partition coefficient (Wildman–Crippen LogP) is 13.8. The largest absolute Gasteiger partial charge is 0.378 e. The van der Waals surface area contributed by atoms with Crippen LogP contribution in [-0.4, -0.2) is 144 Å². The normalized spacial score (nSPS) is 16.3. The van der Waals surface area contributed by atoms with Crippen LogP contribution in [0.1, 0.15) is 98.6 Å². The van der Waals surface area contributed by atoms with Crippen molar-refractivity contribution in [3.8, 4) is 0 Å². The van der Waals surface area contributed by atoms with Gasteiger partial charge in [-0.1, -0.05) is 140 Å². The zero-order valence-electron chi connectivity index (χ0n) is 59.2. The number of benzene rings is 6. The number of H-pyrrole nitrogens is 5. The van der Waals surface area contributed by atoms with E-state index >= 15 is 0 Å². The minimum atomic E-state index is -0.0172. The number of rotatable bonds is 10. The zero-order valence-corrected chi connectivity index (χ0v) is 59.2. The molecule has 520 valence electrons. The van der Waals surface area contributed by atoms with Gasteiger partial charge in [0.1, 0.15) is 0 Å². The summed E-state index contributed by atoms with van der Waals surface area (Å²) in [4.78, 5) is 85.6. The Labute approximate surface area is 590 Å². The lowest BCUT2D eigenvalue weighted by molar-refractivity contribution is 0.245. The molecule has 0 saturated carbocycles. The summed E-state index contributed by atoms with van der Waals surface area (Å²) >= 11 is 0. The van der Waals surface area contributed by atoms with Crippen molar-refractivity contribution < 1.29 is 0 Å². The molecule has 0 unspecified atom stereocenters. The van der Waals surface area contributed by atoms with Gasteiger partial charge in [0.2, 0.25) is 0 Å². The van der Waals surface area contributed by atoms with E-state index in [4.69, 9.17) is 0 Å². The summed E-state index contributed by atoms with van der Waals surface area (Å²) in [6, 6.07) is 48.6. The molecule has 0 bridgehead atoms. The maximum atomic E-state index is 12.2. The number of aromatic nitrogens is 5. The molecule has 0 radical (unpaired) electrons. The lowest BCUT2D eigenvalue weighted by Crippen LogP contribution is -2.34. The Bertz CT molecular complexity index is 5160. The number of likely N-dealkylation sites (N-methyl/N-ethyl adjacent to an activating group) is 1. The third kappa shape index (κ3) is 17.1. The van der Waals surface area contributed by atoms with Crippen LogP contribution in [0, 0.1) is 0 Å². The molecule has 0 aliphatic carbocycles. The molecule has 0 amide bonds. The first-order valence-electron chi connectivity index (χ1n) is 35.8. The van der Waals surface area contributed by atoms with E-state index in [1.807, 2.05) is 153 Å². The summed E-state index contributed by atoms with van der Waals surface area (Å²) in [5.74, 6) is 0.547. The standard InChI is InChI=1S/C21H20N2O.C17H23N3O.C17H20N2O.C16H18N2O.C14H14N2O/c24-21-19-9-5-4-8-18(19)20(14-22-21)17-10-12-23(13-11-17)15-16-6-2-1-3-7-16;1-19(2)13-4-5-14-15(10-13)17(21)18-11-16(14)12-6-8-20(3)9-7-12;1-12(2)19-9-7-13(8-10-19)16-11-18-17(20)15-6-4-3-5-14(15)16;1-2-18-9-7-12(8-10-18)15-11-17-16(19)14-6-4-3-5-13(14)15;17-14-12-4-2-1-3-11(12)13(9-16-14)10-5-7-15-8-6-10/h1-10,14H,11-13,15H2,(H,22,24);4-5,10-12H,6-9H2,1-3H3,(H,18,21);3-7,11-12H,8-10H2,1-2H3,(H,18,20);3-7,11H,2,8-10H2,1H3,(H,17,19);1-5,9,15H,6-8H2,(H,16,17). The van der Waals surface area contributed by atoms with Gasteiger partial charge in [-0.25, -0.2) is 0 Å². The molecule has 6 aromatic carbocycles. The molecule has 1 fully saturated rings. The fraction of sp³-hybridized carbons (Fsp3) is 0.306. The zero-order chi connectivity index (χ0) is 70.4. The lowest BCUT2D eigenvalue weighted by Gasteiger charge is -2.30. The van der Waals surface area contributed by atoms with Crippen molar-refractivity contribution in [2.75, 3.05) is 98.0 Å². The van der Waals surface area contributed by atoms with Crippen LogP contribution in [-0.2, 0) is 6.54 Å². The van der Waals surface area contributed by atoms with Crippen LogP contribution in [0.5, 0.6) is 0 Å². The molecule has 1 saturated heterocycles. The maximum absolute atomic E-state index is 12.2. The molecule has 0 spiro atoms. The highest BCUT2D eigenvalue weighted by Gasteiger charge is 2.23. The average Bonchev–Trinajstić information content (AvgIpc) is 0.803. The molecule has 5 aliphatic heterocycles. The molecular formula is C85H95N11O5. The number of piperidine rings is 1. The number of aromatic amines is 5. The van der Waals surface area contributed by atoms with Crippen LogP contribution in [0.2, 0.25) is 0 Å². The van der Waals surface area contributed by atoms with Crippen molar-refractivity contribution in [1.29, 1.82) is 0 Å². The van der Waals surface area contributed by atoms with Gasteiger partial charge in [0, 0.05) is 158 Å². The Kier molecular flexibility index (Phi) is 23.4. The molecule has 10 heterocycles. The van der Waals surface area contributed by atoms with E-state index in [-0.39, 0.29) is 27.8 Å². The van der Waals surface area contributed by atoms with Crippen molar-refractivity contribution in [2.24, 2.45) is 0 Å². The smallest absolute Gasteiger partial charge is 0.255 e. The van der Waals surface area contributed by atoms with Crippen LogP contribution in [0.25, 0.3) is 76.2 Å². The molecule has 16 heteroatoms. The number of hydrogen-bond acceptors (Lipinski definition) is 11. The SMILES string of the molecule is CC(C)N1CC=C(c2c[nH]c(=O)c3ccccc23)CC1.CCN1CC=C(c2c[nH]c(=O)c3ccccc23)CC1.CN1CCC(c2c[nH]c(=O)c3cc(N(C)C)ccc23)CC1.O=c1[nH]cc(C2=CCN(Cc3ccccc3)CC2)c2ccccc12.O=c1[nH]cc(C2=CCNCC2)c2ccccc12. The summed E-state index contributed by atoms with van der Waals surface area (Å²) in [7, 11) is 6.16. The van der Waals surface area contributed by atoms with Crippen molar-refractivity contribution in [2.45, 2.75) is 77.8 Å². The highest BCUT2D eigenvalue weighted by molar-refractivity contribution is 5.96. The second kappa shape index (κ2) is 33.4. The van der Waals surface area contributed by atoms with Crippen LogP contribution >= 0.6 is 0 Å². The number of anilines is 1. The monoisotopic (exact) mass is 1350 g/mol. The van der Waals surface area contributed by atoms with Crippen LogP contribution < -0.4 is 38.0 Å². The number of nitrogens with one attached hydrogen (secondary N) is 6. The van der Waals surface area contributed by atoms with Gasteiger partial charge < -0.3 is 40.0 Å². The van der Waals surface area contributed by atoms with Gasteiger partial charge in [-0.2, -0.15) is 0 Å². The van der Waals surface area contributed by atoms with Gasteiger partial charge in [-0.3, -0.25) is 38.7 Å². The third-order valence-electron chi connectivity index (χ3n) is 20.5. The summed E-state index contributed by atoms with van der Waals surface area (Å²) in [6.45, 7) is 19.0. The Hall–Kier alpha value is -10.1. The van der Waals surface area contributed by atoms with Gasteiger partial charge in [0.25, 0.3) is 27.8 Å². The van der Waals surface area contributed by atoms with Crippen LogP contribution in [0.4, 0.5) is 5.69 Å². The minimum absolute atomic E-state index is 0.00498. The topological polar surface area (TPSA) is 193 Å². The first-order chi connectivity index (χ1) is 49.2. The van der Waals surface area contributed by atoms with Crippen molar-refractivity contribution >= 4 is 81.8 Å². The van der Waals surface area contributed by atoms with E-state index in [0.29, 0.717) is 12.0 Å². The molecule has 11 aromatic rings. The summed E-state index contributed by atoms with van der Waals surface area (Å²) < 4.78 is 0. The fourth-order valence-corrected chi connectivity index (χ4v) is 14.6. The summed E-state index contributed by atoms with van der Waals surface area (Å²) in [6.07, 6.45) is 24.8. The van der Waals surface area contributed by atoms with E-state index < -0.39 is 0 Å². The van der Waals surface area contributed by atoms with Gasteiger partial charge in [-0.15, -0.1) is 0 Å². The Morgan fingerprint density at radius 3 is 1.26 bits per heavy atom. The molecule has 16 rings (SSSR count). The molecule has 16 nitrogen and oxygen atoms in total. The van der Waals surface area contributed by atoms with E-state index in [0.717, 1.165) is 188 Å². The molecule has 5 aromatic heterocycles. The number of pyridine rings is 5. The Balaban J connectivity index is 0.000000120. The van der Waals surface area contributed by atoms with Gasteiger partial charge in [0.15, 0.2) is 0 Å². The number of nitrogens with zero attached hydrogens (tertiary/aromatic N) is 5. The van der Waals surface area contributed by atoms with Gasteiger partial charge >= 0.3 is 0 Å². The number of likely N-dealkylation sites (tertiary alicyclic amines) is 1. The third-order valence-corrected chi connectivity index (χ3v) is 20.5. The Morgan fingerprint density at radius 1 is 0.436 bits per heavy atom. The summed E-state index contributed by atoms with van der Waals surface area (Å²) in [5.41, 5.74) is 13.6. The minimum Gasteiger partial charge on any atom is -0.378 e. The lowest BCUT2D eigenvalue weighted by atomic mass is 9.87. The number of hydrogen-bond donors (Lipinski definition) is 6. The fourth-order valence-electron chi connectivity index (χ4n) is 14.6. The number of fused-ring (bicyclic) bond motifs is 5. The van der Waals surface area contributed by atoms with E-state index in [1.165, 1.54) is 44.5 Å². The van der Waals surface area contributed by atoms with Crippen molar-refractivity contribution in [3.05, 3.63) is 286 Å². The van der Waals surface area contributed by atoms with Crippen LogP contribution in [0.3, 0.4) is 0 Å². The van der Waals surface area contributed by atoms with Crippen LogP contribution in [0.15, 0.2) is 225 Å². The first kappa shape index (κ1) is 70.8. The summed E-state index contributed by atoms with van der Waals surface area (Å²) in [5, 5.41) is 12.5. The highest BCUT2D eigenvalue weighted by atomic mass is 16.1. The van der Waals surface area contributed by atoms with E-state index in [9.17, 15) is 24.0 Å². The first-order valence-corrected chi connectivity index (χ1v) is 35.8. The second-order valence-electron chi connectivity index (χ2n) is 27.4.